The molecule has 0 unspecified atom stereocenters. The SMILES string of the molecule is NCCN=C(N)[Se]. The van der Waals surface area contributed by atoms with Gasteiger partial charge in [0, 0.05) is 0 Å². The fourth-order valence-electron chi connectivity index (χ4n) is 0.175. The monoisotopic (exact) mass is 166 g/mol. The van der Waals surface area contributed by atoms with Crippen LogP contribution >= 0.6 is 0 Å². The molecule has 0 heterocycles. The summed E-state index contributed by atoms with van der Waals surface area (Å²) in [6, 6.07) is 0. The fourth-order valence-corrected chi connectivity index (χ4v) is 0.366. The van der Waals surface area contributed by atoms with Gasteiger partial charge in [-0.25, -0.2) is 0 Å². The van der Waals surface area contributed by atoms with E-state index in [0.29, 0.717) is 17.8 Å². The first kappa shape index (κ1) is 6.95. The van der Waals surface area contributed by atoms with Crippen molar-refractivity contribution in [3.63, 3.8) is 0 Å². The number of amidine groups is 1. The van der Waals surface area contributed by atoms with Crippen molar-refractivity contribution >= 4 is 20.7 Å². The summed E-state index contributed by atoms with van der Waals surface area (Å²) >= 11 is 2.55. The number of aliphatic imine (C=N–C) groups is 1. The zero-order valence-corrected chi connectivity index (χ0v) is 5.64. The van der Waals surface area contributed by atoms with Crippen LogP contribution in [-0.2, 0) is 0 Å². The molecule has 0 aromatic rings. The van der Waals surface area contributed by atoms with Crippen LogP contribution in [0.15, 0.2) is 4.99 Å². The summed E-state index contributed by atoms with van der Waals surface area (Å²) < 4.78 is 0.477. The molecule has 0 aliphatic carbocycles. The zero-order valence-electron chi connectivity index (χ0n) is 3.92. The predicted molar refractivity (Wildman–Crippen MR) is 31.3 cm³/mol. The number of hydrogen-bond donors (Lipinski definition) is 2. The third-order valence-corrected chi connectivity index (χ3v) is 0.668. The summed E-state index contributed by atoms with van der Waals surface area (Å²) in [4.78, 5) is 3.76. The Labute approximate surface area is 51.0 Å². The van der Waals surface area contributed by atoms with Crippen LogP contribution in [0.4, 0.5) is 0 Å². The predicted octanol–water partition coefficient (Wildman–Crippen LogP) is -1.57. The molecule has 0 aromatic heterocycles. The van der Waals surface area contributed by atoms with E-state index in [1.807, 2.05) is 0 Å². The molecule has 0 rings (SSSR count). The molecule has 0 amide bonds. The van der Waals surface area contributed by atoms with Crippen LogP contribution in [0.2, 0.25) is 0 Å². The Morgan fingerprint density at radius 1 is 1.71 bits per heavy atom. The third-order valence-electron chi connectivity index (χ3n) is 0.397. The third kappa shape index (κ3) is 5.95. The van der Waals surface area contributed by atoms with Gasteiger partial charge >= 0.3 is 50.3 Å². The minimum atomic E-state index is 0.477. The van der Waals surface area contributed by atoms with Gasteiger partial charge in [0.25, 0.3) is 0 Å². The molecule has 0 bridgehead atoms. The second-order valence-electron chi connectivity index (χ2n) is 1.01. The normalized spacial score (nSPS) is 11.9. The van der Waals surface area contributed by atoms with Crippen LogP contribution in [0.3, 0.4) is 0 Å². The Morgan fingerprint density at radius 2 is 2.29 bits per heavy atom. The Hall–Kier alpha value is -0.0505. The summed E-state index contributed by atoms with van der Waals surface area (Å²) in [5.74, 6) is 0. The fraction of sp³-hybridized carbons (Fsp3) is 0.667. The summed E-state index contributed by atoms with van der Waals surface area (Å²) in [5.41, 5.74) is 10.2. The van der Waals surface area contributed by atoms with E-state index < -0.39 is 0 Å². The van der Waals surface area contributed by atoms with Gasteiger partial charge in [0.15, 0.2) is 0 Å². The van der Waals surface area contributed by atoms with E-state index in [2.05, 4.69) is 21.0 Å². The van der Waals surface area contributed by atoms with E-state index in [9.17, 15) is 0 Å². The molecule has 0 aliphatic rings. The van der Waals surface area contributed by atoms with Gasteiger partial charge in [-0.2, -0.15) is 0 Å². The number of hydrogen-bond acceptors (Lipinski definition) is 2. The molecule has 0 aliphatic heterocycles. The topological polar surface area (TPSA) is 64.4 Å². The van der Waals surface area contributed by atoms with E-state index in [1.165, 1.54) is 0 Å². The molecule has 4 N–H and O–H groups in total. The molecule has 4 heteroatoms. The number of nitrogens with two attached hydrogens (primary N) is 2. The van der Waals surface area contributed by atoms with Gasteiger partial charge in [-0.3, -0.25) is 0 Å². The first-order valence-corrected chi connectivity index (χ1v) is 2.80. The van der Waals surface area contributed by atoms with Crippen LogP contribution in [0.25, 0.3) is 0 Å². The van der Waals surface area contributed by atoms with Crippen molar-refractivity contribution in [2.24, 2.45) is 16.5 Å². The van der Waals surface area contributed by atoms with E-state index >= 15 is 0 Å². The molecular formula is C3H8N3Se. The van der Waals surface area contributed by atoms with Crippen LogP contribution in [0.1, 0.15) is 0 Å². The van der Waals surface area contributed by atoms with Gasteiger partial charge in [0.05, 0.1) is 0 Å². The standard InChI is InChI=1S/C3H8N3Se/c4-1-2-6-3(5)7/h1-2,4H2,(H2,5,6). The summed E-state index contributed by atoms with van der Waals surface area (Å²) in [6.45, 7) is 1.17. The first-order valence-electron chi connectivity index (χ1n) is 1.94. The Bertz CT molecular complexity index is 66.6. The average Bonchev–Trinajstić information content (AvgIpc) is 1.61. The van der Waals surface area contributed by atoms with Crippen molar-refractivity contribution in [2.45, 2.75) is 0 Å². The molecule has 0 spiro atoms. The van der Waals surface area contributed by atoms with Gasteiger partial charge in [0.1, 0.15) is 0 Å². The number of nitrogens with zero attached hydrogens (tertiary/aromatic N) is 1. The summed E-state index contributed by atoms with van der Waals surface area (Å²) in [6.07, 6.45) is 0. The van der Waals surface area contributed by atoms with Crippen molar-refractivity contribution in [3.05, 3.63) is 0 Å². The Morgan fingerprint density at radius 3 is 2.43 bits per heavy atom. The van der Waals surface area contributed by atoms with E-state index in [0.717, 1.165) is 0 Å². The van der Waals surface area contributed by atoms with E-state index in [4.69, 9.17) is 11.5 Å². The van der Waals surface area contributed by atoms with Crippen molar-refractivity contribution < 1.29 is 0 Å². The molecule has 7 heavy (non-hydrogen) atoms. The molecule has 41 valence electrons. The van der Waals surface area contributed by atoms with E-state index in [-0.39, 0.29) is 0 Å². The van der Waals surface area contributed by atoms with Gasteiger partial charge in [-0.15, -0.1) is 0 Å². The molecule has 0 fully saturated rings. The quantitative estimate of drug-likeness (QED) is 0.295. The molecule has 0 saturated heterocycles. The first-order chi connectivity index (χ1) is 3.27. The second kappa shape index (κ2) is 4.12. The molecule has 0 saturated carbocycles. The van der Waals surface area contributed by atoms with Gasteiger partial charge in [-0.05, 0) is 0 Å². The van der Waals surface area contributed by atoms with Crippen LogP contribution in [0.5, 0.6) is 0 Å². The van der Waals surface area contributed by atoms with Crippen LogP contribution in [0, 0.1) is 0 Å². The van der Waals surface area contributed by atoms with Crippen molar-refractivity contribution in [2.75, 3.05) is 13.1 Å². The van der Waals surface area contributed by atoms with E-state index in [1.54, 1.807) is 0 Å². The van der Waals surface area contributed by atoms with Gasteiger partial charge in [-0.1, -0.05) is 0 Å². The van der Waals surface area contributed by atoms with Gasteiger partial charge < -0.3 is 0 Å². The molecule has 0 aromatic carbocycles. The molecular weight excluding hydrogens is 157 g/mol. The molecule has 3 nitrogen and oxygen atoms in total. The maximum absolute atomic E-state index is 5.12. The van der Waals surface area contributed by atoms with Crippen molar-refractivity contribution in [3.8, 4) is 0 Å². The Balaban J connectivity index is 3.08. The summed E-state index contributed by atoms with van der Waals surface area (Å²) in [5, 5.41) is 0. The van der Waals surface area contributed by atoms with Crippen LogP contribution in [-0.4, -0.2) is 33.8 Å². The maximum atomic E-state index is 5.12. The molecule has 1 radical (unpaired) electrons. The zero-order chi connectivity index (χ0) is 5.70. The Kier molecular flexibility index (Phi) is 4.09. The van der Waals surface area contributed by atoms with Crippen molar-refractivity contribution in [1.82, 2.24) is 0 Å². The van der Waals surface area contributed by atoms with Crippen LogP contribution < -0.4 is 11.5 Å². The minimum absolute atomic E-state index is 0.477. The van der Waals surface area contributed by atoms with Crippen molar-refractivity contribution in [1.29, 1.82) is 0 Å². The molecule has 0 atom stereocenters. The summed E-state index contributed by atoms with van der Waals surface area (Å²) in [7, 11) is 0. The average molecular weight is 165 g/mol. The second-order valence-corrected chi connectivity index (χ2v) is 1.89. The van der Waals surface area contributed by atoms with Gasteiger partial charge in [0.2, 0.25) is 0 Å². The number of rotatable bonds is 2.